The second-order valence-corrected chi connectivity index (χ2v) is 4.46. The van der Waals surface area contributed by atoms with Gasteiger partial charge in [0, 0.05) is 23.0 Å². The Balaban J connectivity index is 2.69. The summed E-state index contributed by atoms with van der Waals surface area (Å²) in [6, 6.07) is 5.67. The van der Waals surface area contributed by atoms with Crippen LogP contribution in [0.5, 0.6) is 0 Å². The molecule has 0 aliphatic carbocycles. The van der Waals surface area contributed by atoms with Crippen molar-refractivity contribution in [2.45, 2.75) is 33.2 Å². The molecule has 0 spiro atoms. The van der Waals surface area contributed by atoms with Gasteiger partial charge in [0.25, 0.3) is 0 Å². The van der Waals surface area contributed by atoms with Crippen LogP contribution in [0.3, 0.4) is 0 Å². The van der Waals surface area contributed by atoms with Crippen molar-refractivity contribution in [1.29, 1.82) is 0 Å². The van der Waals surface area contributed by atoms with Gasteiger partial charge in [0.05, 0.1) is 0 Å². The summed E-state index contributed by atoms with van der Waals surface area (Å²) < 4.78 is 0. The molecule has 1 unspecified atom stereocenters. The van der Waals surface area contributed by atoms with Crippen LogP contribution in [-0.4, -0.2) is 18.4 Å². The molecule has 3 heteroatoms. The number of carbonyl (C=O) groups is 1. The summed E-state index contributed by atoms with van der Waals surface area (Å²) in [5, 5.41) is 3.87. The largest absolute Gasteiger partial charge is 0.314 e. The van der Waals surface area contributed by atoms with Gasteiger partial charge in [-0.3, -0.25) is 4.79 Å². The van der Waals surface area contributed by atoms with E-state index in [-0.39, 0.29) is 11.8 Å². The molecule has 1 atom stereocenters. The van der Waals surface area contributed by atoms with Crippen LogP contribution < -0.4 is 5.32 Å². The third-order valence-corrected chi connectivity index (χ3v) is 2.95. The molecule has 1 aromatic carbocycles. The van der Waals surface area contributed by atoms with E-state index in [2.05, 4.69) is 5.32 Å². The van der Waals surface area contributed by atoms with Crippen molar-refractivity contribution in [3.8, 4) is 0 Å². The van der Waals surface area contributed by atoms with Crippen molar-refractivity contribution in [3.63, 3.8) is 0 Å². The summed E-state index contributed by atoms with van der Waals surface area (Å²) in [5.74, 6) is 0.135. The van der Waals surface area contributed by atoms with Gasteiger partial charge in [0.1, 0.15) is 0 Å². The molecule has 1 rings (SSSR count). The minimum atomic E-state index is 0.135. The molecular weight excluding hydrogens is 222 g/mol. The number of hydrogen-bond acceptors (Lipinski definition) is 2. The first-order valence-electron chi connectivity index (χ1n) is 5.57. The van der Waals surface area contributed by atoms with Crippen molar-refractivity contribution < 1.29 is 4.79 Å². The predicted octanol–water partition coefficient (Wildman–Crippen LogP) is 3.22. The number of Topliss-reactive ketones (excluding diaryl/α,β-unsaturated/α-hetero) is 1. The summed E-state index contributed by atoms with van der Waals surface area (Å²) in [6.45, 7) is 6.85. The fourth-order valence-electron chi connectivity index (χ4n) is 1.58. The second kappa shape index (κ2) is 6.02. The highest BCUT2D eigenvalue weighted by Gasteiger charge is 2.11. The molecule has 0 aliphatic rings. The topological polar surface area (TPSA) is 29.1 Å². The number of rotatable bonds is 5. The van der Waals surface area contributed by atoms with Crippen molar-refractivity contribution in [3.05, 3.63) is 34.3 Å². The standard InChI is InChI=1S/C13H18ClNO/c1-4-15-10(3)7-13(16)11-6-5-9(2)12(14)8-11/h5-6,8,10,15H,4,7H2,1-3H3. The Morgan fingerprint density at radius 1 is 1.50 bits per heavy atom. The van der Waals surface area contributed by atoms with Gasteiger partial charge in [-0.15, -0.1) is 0 Å². The summed E-state index contributed by atoms with van der Waals surface area (Å²) in [7, 11) is 0. The van der Waals surface area contributed by atoms with Gasteiger partial charge in [-0.05, 0) is 32.0 Å². The van der Waals surface area contributed by atoms with Crippen LogP contribution in [0, 0.1) is 6.92 Å². The fourth-order valence-corrected chi connectivity index (χ4v) is 1.76. The summed E-state index contributed by atoms with van der Waals surface area (Å²) >= 11 is 5.99. The lowest BCUT2D eigenvalue weighted by molar-refractivity contribution is 0.0972. The molecular formula is C13H18ClNO. The zero-order valence-corrected chi connectivity index (χ0v) is 10.8. The van der Waals surface area contributed by atoms with Gasteiger partial charge < -0.3 is 5.32 Å². The minimum Gasteiger partial charge on any atom is -0.314 e. The molecule has 0 fully saturated rings. The lowest BCUT2D eigenvalue weighted by Gasteiger charge is -2.11. The fraction of sp³-hybridized carbons (Fsp3) is 0.462. The van der Waals surface area contributed by atoms with Crippen molar-refractivity contribution in [2.24, 2.45) is 0 Å². The highest BCUT2D eigenvalue weighted by molar-refractivity contribution is 6.31. The first-order chi connectivity index (χ1) is 7.54. The highest BCUT2D eigenvalue weighted by Crippen LogP contribution is 2.18. The molecule has 0 bridgehead atoms. The summed E-state index contributed by atoms with van der Waals surface area (Å²) in [5.41, 5.74) is 1.69. The molecule has 1 N–H and O–H groups in total. The zero-order chi connectivity index (χ0) is 12.1. The average molecular weight is 240 g/mol. The zero-order valence-electron chi connectivity index (χ0n) is 10.0. The van der Waals surface area contributed by atoms with E-state index in [0.29, 0.717) is 17.0 Å². The molecule has 0 radical (unpaired) electrons. The number of benzene rings is 1. The maximum atomic E-state index is 11.9. The Labute approximate surface area is 102 Å². The Kier molecular flexibility index (Phi) is 4.97. The van der Waals surface area contributed by atoms with Gasteiger partial charge in [0.2, 0.25) is 0 Å². The summed E-state index contributed by atoms with van der Waals surface area (Å²) in [6.07, 6.45) is 0.507. The van der Waals surface area contributed by atoms with Crippen LogP contribution >= 0.6 is 11.6 Å². The van der Waals surface area contributed by atoms with E-state index in [4.69, 9.17) is 11.6 Å². The minimum absolute atomic E-state index is 0.135. The molecule has 16 heavy (non-hydrogen) atoms. The number of nitrogens with one attached hydrogen (secondary N) is 1. The normalized spacial score (nSPS) is 12.5. The molecule has 0 amide bonds. The van der Waals surface area contributed by atoms with E-state index in [1.807, 2.05) is 32.9 Å². The number of carbonyl (C=O) groups excluding carboxylic acids is 1. The van der Waals surface area contributed by atoms with Gasteiger partial charge in [-0.2, -0.15) is 0 Å². The number of hydrogen-bond donors (Lipinski definition) is 1. The van der Waals surface area contributed by atoms with Crippen molar-refractivity contribution >= 4 is 17.4 Å². The quantitative estimate of drug-likeness (QED) is 0.800. The van der Waals surface area contributed by atoms with Crippen molar-refractivity contribution in [1.82, 2.24) is 5.32 Å². The molecule has 0 heterocycles. The van der Waals surface area contributed by atoms with E-state index in [1.54, 1.807) is 6.07 Å². The first kappa shape index (κ1) is 13.2. The van der Waals surface area contributed by atoms with E-state index < -0.39 is 0 Å². The van der Waals surface area contributed by atoms with Gasteiger partial charge >= 0.3 is 0 Å². The maximum Gasteiger partial charge on any atom is 0.164 e. The van der Waals surface area contributed by atoms with E-state index in [1.165, 1.54) is 0 Å². The Bertz CT molecular complexity index is 376. The van der Waals surface area contributed by atoms with Crippen LogP contribution in [0.25, 0.3) is 0 Å². The first-order valence-corrected chi connectivity index (χ1v) is 5.95. The maximum absolute atomic E-state index is 11.9. The third-order valence-electron chi connectivity index (χ3n) is 2.54. The molecule has 0 saturated carbocycles. The predicted molar refractivity (Wildman–Crippen MR) is 68.3 cm³/mol. The number of aryl methyl sites for hydroxylation is 1. The van der Waals surface area contributed by atoms with Crippen LogP contribution in [0.4, 0.5) is 0 Å². The molecule has 2 nitrogen and oxygen atoms in total. The molecule has 88 valence electrons. The molecule has 0 aliphatic heterocycles. The Morgan fingerprint density at radius 2 is 2.19 bits per heavy atom. The monoisotopic (exact) mass is 239 g/mol. The lowest BCUT2D eigenvalue weighted by Crippen LogP contribution is -2.28. The van der Waals surface area contributed by atoms with Gasteiger partial charge in [-0.25, -0.2) is 0 Å². The highest BCUT2D eigenvalue weighted by atomic mass is 35.5. The SMILES string of the molecule is CCNC(C)CC(=O)c1ccc(C)c(Cl)c1. The Morgan fingerprint density at radius 3 is 2.75 bits per heavy atom. The third kappa shape index (κ3) is 3.62. The van der Waals surface area contributed by atoms with E-state index >= 15 is 0 Å². The molecule has 1 aromatic rings. The average Bonchev–Trinajstić information content (AvgIpc) is 2.22. The Hall–Kier alpha value is -0.860. The van der Waals surface area contributed by atoms with Gasteiger partial charge in [-0.1, -0.05) is 30.7 Å². The second-order valence-electron chi connectivity index (χ2n) is 4.05. The number of halogens is 1. The van der Waals surface area contributed by atoms with Crippen molar-refractivity contribution in [2.75, 3.05) is 6.54 Å². The van der Waals surface area contributed by atoms with E-state index in [9.17, 15) is 4.79 Å². The van der Waals surface area contributed by atoms with E-state index in [0.717, 1.165) is 12.1 Å². The van der Waals surface area contributed by atoms with Gasteiger partial charge in [0.15, 0.2) is 5.78 Å². The lowest BCUT2D eigenvalue weighted by atomic mass is 10.0. The van der Waals surface area contributed by atoms with Crippen LogP contribution in [0.15, 0.2) is 18.2 Å². The number of ketones is 1. The smallest absolute Gasteiger partial charge is 0.164 e. The summed E-state index contributed by atoms with van der Waals surface area (Å²) in [4.78, 5) is 11.9. The van der Waals surface area contributed by atoms with Crippen LogP contribution in [-0.2, 0) is 0 Å². The van der Waals surface area contributed by atoms with Crippen LogP contribution in [0.2, 0.25) is 5.02 Å². The molecule has 0 saturated heterocycles. The molecule has 0 aromatic heterocycles. The van der Waals surface area contributed by atoms with Crippen LogP contribution in [0.1, 0.15) is 36.2 Å².